The Morgan fingerprint density at radius 3 is 2.80 bits per heavy atom. The van der Waals surface area contributed by atoms with E-state index in [9.17, 15) is 14.9 Å². The molecule has 0 saturated carbocycles. The van der Waals surface area contributed by atoms with Crippen LogP contribution >= 0.6 is 0 Å². The van der Waals surface area contributed by atoms with Gasteiger partial charge in [0.2, 0.25) is 0 Å². The number of hydrogen-bond acceptors (Lipinski definition) is 3. The number of rotatable bonds is 4. The molecule has 20 heavy (non-hydrogen) atoms. The molecule has 0 radical (unpaired) electrons. The molecule has 1 heterocycles. The Morgan fingerprint density at radius 1 is 1.45 bits per heavy atom. The second-order valence-corrected chi connectivity index (χ2v) is 5.46. The normalized spacial score (nSPS) is 22.2. The fourth-order valence-electron chi connectivity index (χ4n) is 2.48. The topological polar surface area (TPSA) is 76.7 Å². The summed E-state index contributed by atoms with van der Waals surface area (Å²) in [5.74, 6) is 0.661. The molecule has 1 amide bonds. The molecule has 0 aliphatic carbocycles. The zero-order valence-electron chi connectivity index (χ0n) is 11.6. The molecule has 0 bridgehead atoms. The number of carbonyl (C=O) groups excluding carboxylic acids is 1. The number of benzene rings is 1. The molecule has 108 valence electrons. The van der Waals surface area contributed by atoms with Crippen LogP contribution in [0.5, 0.6) is 0 Å². The fraction of sp³-hybridized carbons (Fsp3) is 0.500. The molecule has 0 spiro atoms. The molecule has 2 N–H and O–H groups in total. The molecule has 1 fully saturated rings. The van der Waals surface area contributed by atoms with E-state index in [1.807, 2.05) is 0 Å². The standard InChI is InChI=1S/C14H19N3O3/c1-11-5-7-16(8-6-11)10-14(18)15-12-3-2-4-13(9-12)17(19)20/h2-4,9,11H,5-8,10H2,1H3,(H,15,18)/p+1. The first-order valence-electron chi connectivity index (χ1n) is 6.92. The van der Waals surface area contributed by atoms with Crippen LogP contribution in [0.1, 0.15) is 19.8 Å². The van der Waals surface area contributed by atoms with Crippen molar-refractivity contribution in [2.75, 3.05) is 25.0 Å². The molecule has 2 rings (SSSR count). The number of quaternary nitrogens is 1. The van der Waals surface area contributed by atoms with Crippen LogP contribution in [0, 0.1) is 16.0 Å². The van der Waals surface area contributed by atoms with Crippen LogP contribution in [-0.2, 0) is 4.79 Å². The van der Waals surface area contributed by atoms with Gasteiger partial charge >= 0.3 is 0 Å². The van der Waals surface area contributed by atoms with Crippen LogP contribution in [0.4, 0.5) is 11.4 Å². The first-order valence-corrected chi connectivity index (χ1v) is 6.92. The van der Waals surface area contributed by atoms with E-state index >= 15 is 0 Å². The third kappa shape index (κ3) is 4.03. The number of anilines is 1. The molecule has 0 unspecified atom stereocenters. The summed E-state index contributed by atoms with van der Waals surface area (Å²) >= 11 is 0. The van der Waals surface area contributed by atoms with Gasteiger partial charge in [-0.1, -0.05) is 13.0 Å². The Morgan fingerprint density at radius 2 is 2.15 bits per heavy atom. The zero-order valence-corrected chi connectivity index (χ0v) is 11.6. The average molecular weight is 278 g/mol. The van der Waals surface area contributed by atoms with E-state index in [0.717, 1.165) is 31.8 Å². The van der Waals surface area contributed by atoms with Gasteiger partial charge in [-0.25, -0.2) is 0 Å². The van der Waals surface area contributed by atoms with Crippen LogP contribution in [0.25, 0.3) is 0 Å². The molecule has 0 aromatic heterocycles. The number of amides is 1. The van der Waals surface area contributed by atoms with Crippen molar-refractivity contribution < 1.29 is 14.6 Å². The van der Waals surface area contributed by atoms with E-state index in [1.54, 1.807) is 12.1 Å². The first kappa shape index (κ1) is 14.5. The summed E-state index contributed by atoms with van der Waals surface area (Å²) in [6.45, 7) is 4.70. The summed E-state index contributed by atoms with van der Waals surface area (Å²) in [6, 6.07) is 6.03. The van der Waals surface area contributed by atoms with Gasteiger partial charge in [0.25, 0.3) is 11.6 Å². The lowest BCUT2D eigenvalue weighted by Gasteiger charge is -2.26. The van der Waals surface area contributed by atoms with Crippen LogP contribution in [0.3, 0.4) is 0 Å². The Bertz CT molecular complexity index is 496. The van der Waals surface area contributed by atoms with Gasteiger partial charge in [0.05, 0.1) is 18.0 Å². The monoisotopic (exact) mass is 278 g/mol. The van der Waals surface area contributed by atoms with Crippen molar-refractivity contribution in [3.05, 3.63) is 34.4 Å². The van der Waals surface area contributed by atoms with Crippen LogP contribution in [0.2, 0.25) is 0 Å². The molecule has 1 aromatic rings. The van der Waals surface area contributed by atoms with Gasteiger partial charge in [0, 0.05) is 17.8 Å². The Hall–Kier alpha value is -1.95. The minimum Gasteiger partial charge on any atom is -0.327 e. The first-order chi connectivity index (χ1) is 9.54. The van der Waals surface area contributed by atoms with Gasteiger partial charge < -0.3 is 10.2 Å². The van der Waals surface area contributed by atoms with Gasteiger partial charge in [-0.15, -0.1) is 0 Å². The average Bonchev–Trinajstić information content (AvgIpc) is 2.41. The van der Waals surface area contributed by atoms with E-state index in [-0.39, 0.29) is 11.6 Å². The second kappa shape index (κ2) is 6.47. The van der Waals surface area contributed by atoms with E-state index in [1.165, 1.54) is 17.0 Å². The summed E-state index contributed by atoms with van der Waals surface area (Å²) in [5, 5.41) is 13.4. The maximum Gasteiger partial charge on any atom is 0.279 e. The van der Waals surface area contributed by atoms with Crippen molar-refractivity contribution in [1.82, 2.24) is 0 Å². The van der Waals surface area contributed by atoms with Gasteiger partial charge in [0.15, 0.2) is 6.54 Å². The molecule has 6 heteroatoms. The SMILES string of the molecule is CC1CC[NH+](CC(=O)Nc2cccc([N+](=O)[O-])c2)CC1. The molecular weight excluding hydrogens is 258 g/mol. The number of nitrogens with zero attached hydrogens (tertiary/aromatic N) is 1. The van der Waals surface area contributed by atoms with E-state index in [2.05, 4.69) is 12.2 Å². The lowest BCUT2D eigenvalue weighted by atomic mass is 9.99. The highest BCUT2D eigenvalue weighted by molar-refractivity contribution is 5.91. The lowest BCUT2D eigenvalue weighted by molar-refractivity contribution is -0.897. The second-order valence-electron chi connectivity index (χ2n) is 5.46. The van der Waals surface area contributed by atoms with Gasteiger partial charge in [-0.3, -0.25) is 14.9 Å². The van der Waals surface area contributed by atoms with Gasteiger partial charge in [-0.05, 0) is 24.8 Å². The highest BCUT2D eigenvalue weighted by Crippen LogP contribution is 2.16. The van der Waals surface area contributed by atoms with Crippen molar-refractivity contribution in [2.24, 2.45) is 5.92 Å². The zero-order chi connectivity index (χ0) is 14.5. The largest absolute Gasteiger partial charge is 0.327 e. The van der Waals surface area contributed by atoms with Crippen LogP contribution in [-0.4, -0.2) is 30.5 Å². The summed E-state index contributed by atoms with van der Waals surface area (Å²) in [4.78, 5) is 23.4. The van der Waals surface area contributed by atoms with Crippen molar-refractivity contribution in [1.29, 1.82) is 0 Å². The summed E-state index contributed by atoms with van der Waals surface area (Å²) in [6.07, 6.45) is 2.30. The molecule has 1 saturated heterocycles. The van der Waals surface area contributed by atoms with E-state index in [0.29, 0.717) is 12.2 Å². The van der Waals surface area contributed by atoms with Gasteiger partial charge in [-0.2, -0.15) is 0 Å². The van der Waals surface area contributed by atoms with Crippen molar-refractivity contribution in [3.63, 3.8) is 0 Å². The quantitative estimate of drug-likeness (QED) is 0.633. The highest BCUT2D eigenvalue weighted by atomic mass is 16.6. The Labute approximate surface area is 117 Å². The van der Waals surface area contributed by atoms with Crippen molar-refractivity contribution in [2.45, 2.75) is 19.8 Å². The summed E-state index contributed by atoms with van der Waals surface area (Å²) in [7, 11) is 0. The number of hydrogen-bond donors (Lipinski definition) is 2. The van der Waals surface area contributed by atoms with Crippen molar-refractivity contribution in [3.8, 4) is 0 Å². The number of likely N-dealkylation sites (tertiary alicyclic amines) is 1. The third-order valence-electron chi connectivity index (χ3n) is 3.73. The maximum atomic E-state index is 11.9. The highest BCUT2D eigenvalue weighted by Gasteiger charge is 2.21. The van der Waals surface area contributed by atoms with Crippen LogP contribution in [0.15, 0.2) is 24.3 Å². The third-order valence-corrected chi connectivity index (χ3v) is 3.73. The number of piperidine rings is 1. The summed E-state index contributed by atoms with van der Waals surface area (Å²) in [5.41, 5.74) is 0.468. The number of nitro groups is 1. The minimum atomic E-state index is -0.465. The van der Waals surface area contributed by atoms with Gasteiger partial charge in [0.1, 0.15) is 0 Å². The van der Waals surface area contributed by atoms with Crippen LogP contribution < -0.4 is 10.2 Å². The number of nitro benzene ring substituents is 1. The predicted octanol–water partition coefficient (Wildman–Crippen LogP) is 0.848. The Kier molecular flexibility index (Phi) is 4.68. The lowest BCUT2D eigenvalue weighted by Crippen LogP contribution is -3.14. The minimum absolute atomic E-state index is 0.0121. The summed E-state index contributed by atoms with van der Waals surface area (Å²) < 4.78 is 0. The van der Waals surface area contributed by atoms with E-state index < -0.39 is 4.92 Å². The van der Waals surface area contributed by atoms with Crippen molar-refractivity contribution >= 4 is 17.3 Å². The predicted molar refractivity (Wildman–Crippen MR) is 75.7 cm³/mol. The molecule has 0 atom stereocenters. The maximum absolute atomic E-state index is 11.9. The number of carbonyl (C=O) groups is 1. The Balaban J connectivity index is 1.88. The number of non-ortho nitro benzene ring substituents is 1. The fourth-order valence-corrected chi connectivity index (χ4v) is 2.48. The molecular formula is C14H20N3O3+. The molecule has 1 aliphatic rings. The van der Waals surface area contributed by atoms with E-state index in [4.69, 9.17) is 0 Å². The smallest absolute Gasteiger partial charge is 0.279 e. The number of nitrogens with one attached hydrogen (secondary N) is 2. The molecule has 6 nitrogen and oxygen atoms in total. The molecule has 1 aromatic carbocycles. The molecule has 1 aliphatic heterocycles.